The first kappa shape index (κ1) is 14.7. The highest BCUT2D eigenvalue weighted by Gasteiger charge is 2.13. The number of benzene rings is 2. The zero-order valence-electron chi connectivity index (χ0n) is 12.0. The molecule has 0 atom stereocenters. The summed E-state index contributed by atoms with van der Waals surface area (Å²) in [4.78, 5) is 23.6. The van der Waals surface area contributed by atoms with Gasteiger partial charge in [-0.2, -0.15) is 5.10 Å². The zero-order valence-corrected chi connectivity index (χ0v) is 12.0. The number of carbonyl (C=O) groups is 2. The molecule has 0 aliphatic heterocycles. The van der Waals surface area contributed by atoms with Gasteiger partial charge in [-0.1, -0.05) is 12.1 Å². The fourth-order valence-electron chi connectivity index (χ4n) is 2.07. The Labute approximate surface area is 130 Å². The molecule has 1 aromatic heterocycles. The Morgan fingerprint density at radius 1 is 1.09 bits per heavy atom. The lowest BCUT2D eigenvalue weighted by atomic mass is 10.2. The van der Waals surface area contributed by atoms with Crippen LogP contribution in [0.4, 0.5) is 10.1 Å². The van der Waals surface area contributed by atoms with E-state index in [0.29, 0.717) is 11.3 Å². The quantitative estimate of drug-likeness (QED) is 0.646. The second-order valence-electron chi connectivity index (χ2n) is 4.94. The number of aromatic amines is 1. The summed E-state index contributed by atoms with van der Waals surface area (Å²) in [5, 5.41) is 12.6. The van der Waals surface area contributed by atoms with Crippen LogP contribution in [-0.4, -0.2) is 22.0 Å². The van der Waals surface area contributed by atoms with Gasteiger partial charge in [-0.15, -0.1) is 0 Å². The third-order valence-corrected chi connectivity index (χ3v) is 3.27. The number of hydrogen-bond acceptors (Lipinski definition) is 3. The van der Waals surface area contributed by atoms with Crippen molar-refractivity contribution in [2.24, 2.45) is 0 Å². The number of amides is 2. The number of aromatic nitrogens is 2. The molecule has 0 unspecified atom stereocenters. The van der Waals surface area contributed by atoms with Crippen molar-refractivity contribution in [3.05, 3.63) is 60.0 Å². The molecule has 0 fully saturated rings. The summed E-state index contributed by atoms with van der Waals surface area (Å²) in [6.45, 7) is 0.145. The van der Waals surface area contributed by atoms with Gasteiger partial charge in [0.2, 0.25) is 0 Å². The molecule has 0 aliphatic carbocycles. The monoisotopic (exact) mass is 312 g/mol. The van der Waals surface area contributed by atoms with Crippen molar-refractivity contribution in [1.29, 1.82) is 0 Å². The van der Waals surface area contributed by atoms with Crippen LogP contribution in [0.25, 0.3) is 10.9 Å². The molecule has 0 bridgehead atoms. The summed E-state index contributed by atoms with van der Waals surface area (Å²) in [5.41, 5.74) is 1.95. The maximum atomic E-state index is 12.8. The Bertz CT molecular complexity index is 858. The first-order valence-electron chi connectivity index (χ1n) is 6.88. The van der Waals surface area contributed by atoms with Crippen molar-refractivity contribution >= 4 is 28.4 Å². The highest BCUT2D eigenvalue weighted by Crippen LogP contribution is 2.16. The zero-order chi connectivity index (χ0) is 16.2. The second-order valence-corrected chi connectivity index (χ2v) is 4.94. The van der Waals surface area contributed by atoms with Crippen molar-refractivity contribution < 1.29 is 14.0 Å². The molecule has 116 valence electrons. The SMILES string of the molecule is O=C(NCc1ccc(F)cc1)C(=O)Nc1ccc2cn[nH]c2c1. The molecule has 0 radical (unpaired) electrons. The van der Waals surface area contributed by atoms with E-state index in [0.717, 1.165) is 10.9 Å². The van der Waals surface area contributed by atoms with Crippen LogP contribution < -0.4 is 10.6 Å². The predicted octanol–water partition coefficient (Wildman–Crippen LogP) is 1.96. The highest BCUT2D eigenvalue weighted by atomic mass is 19.1. The third-order valence-electron chi connectivity index (χ3n) is 3.27. The van der Waals surface area contributed by atoms with Gasteiger partial charge in [0.15, 0.2) is 0 Å². The second kappa shape index (κ2) is 6.27. The molecule has 2 amide bonds. The average molecular weight is 312 g/mol. The fraction of sp³-hybridized carbons (Fsp3) is 0.0625. The number of fused-ring (bicyclic) bond motifs is 1. The minimum Gasteiger partial charge on any atom is -0.344 e. The summed E-state index contributed by atoms with van der Waals surface area (Å²) >= 11 is 0. The lowest BCUT2D eigenvalue weighted by Gasteiger charge is -2.07. The van der Waals surface area contributed by atoms with Crippen molar-refractivity contribution in [2.75, 3.05) is 5.32 Å². The molecule has 3 N–H and O–H groups in total. The van der Waals surface area contributed by atoms with Crippen LogP contribution in [0.2, 0.25) is 0 Å². The summed E-state index contributed by atoms with van der Waals surface area (Å²) in [7, 11) is 0. The van der Waals surface area contributed by atoms with Gasteiger partial charge in [-0.05, 0) is 35.9 Å². The van der Waals surface area contributed by atoms with Crippen LogP contribution in [0.1, 0.15) is 5.56 Å². The summed E-state index contributed by atoms with van der Waals surface area (Å²) in [6.07, 6.45) is 1.66. The number of hydrogen-bond donors (Lipinski definition) is 3. The van der Waals surface area contributed by atoms with Crippen molar-refractivity contribution in [3.8, 4) is 0 Å². The van der Waals surface area contributed by atoms with Gasteiger partial charge >= 0.3 is 11.8 Å². The molecule has 0 aliphatic rings. The summed E-state index contributed by atoms with van der Waals surface area (Å²) < 4.78 is 12.8. The van der Waals surface area contributed by atoms with Gasteiger partial charge in [-0.3, -0.25) is 14.7 Å². The molecule has 6 nitrogen and oxygen atoms in total. The topological polar surface area (TPSA) is 86.9 Å². The van der Waals surface area contributed by atoms with E-state index in [9.17, 15) is 14.0 Å². The normalized spacial score (nSPS) is 10.5. The molecular weight excluding hydrogens is 299 g/mol. The molecule has 0 saturated heterocycles. The first-order chi connectivity index (χ1) is 11.1. The lowest BCUT2D eigenvalue weighted by molar-refractivity contribution is -0.136. The number of anilines is 1. The fourth-order valence-corrected chi connectivity index (χ4v) is 2.07. The Balaban J connectivity index is 1.58. The molecule has 0 saturated carbocycles. The predicted molar refractivity (Wildman–Crippen MR) is 83.0 cm³/mol. The highest BCUT2D eigenvalue weighted by molar-refractivity contribution is 6.39. The molecule has 2 aromatic carbocycles. The van der Waals surface area contributed by atoms with E-state index in [-0.39, 0.29) is 12.4 Å². The standard InChI is InChI=1S/C16H13FN4O2/c17-12-4-1-10(2-5-12)8-18-15(22)16(23)20-13-6-3-11-9-19-21-14(11)7-13/h1-7,9H,8H2,(H,18,22)(H,19,21)(H,20,23). The van der Waals surface area contributed by atoms with E-state index in [1.54, 1.807) is 36.5 Å². The average Bonchev–Trinajstić information content (AvgIpc) is 3.01. The van der Waals surface area contributed by atoms with Crippen LogP contribution >= 0.6 is 0 Å². The summed E-state index contributed by atoms with van der Waals surface area (Å²) in [6, 6.07) is 10.8. The number of rotatable bonds is 3. The van der Waals surface area contributed by atoms with Crippen LogP contribution in [0.3, 0.4) is 0 Å². The molecular formula is C16H13FN4O2. The van der Waals surface area contributed by atoms with Gasteiger partial charge in [0, 0.05) is 17.6 Å². The smallest absolute Gasteiger partial charge is 0.313 e. The van der Waals surface area contributed by atoms with Crippen LogP contribution in [0, 0.1) is 5.82 Å². The third kappa shape index (κ3) is 3.52. The van der Waals surface area contributed by atoms with E-state index < -0.39 is 11.8 Å². The van der Waals surface area contributed by atoms with Crippen molar-refractivity contribution in [1.82, 2.24) is 15.5 Å². The van der Waals surface area contributed by atoms with E-state index in [1.807, 2.05) is 0 Å². The minimum absolute atomic E-state index is 0.145. The van der Waals surface area contributed by atoms with Crippen LogP contribution in [0.5, 0.6) is 0 Å². The van der Waals surface area contributed by atoms with Gasteiger partial charge in [0.1, 0.15) is 5.82 Å². The maximum absolute atomic E-state index is 12.8. The van der Waals surface area contributed by atoms with E-state index in [2.05, 4.69) is 20.8 Å². The van der Waals surface area contributed by atoms with E-state index >= 15 is 0 Å². The van der Waals surface area contributed by atoms with Crippen molar-refractivity contribution in [2.45, 2.75) is 6.54 Å². The Hall–Kier alpha value is -3.22. The van der Waals surface area contributed by atoms with Gasteiger partial charge in [-0.25, -0.2) is 4.39 Å². The van der Waals surface area contributed by atoms with Gasteiger partial charge < -0.3 is 10.6 Å². The lowest BCUT2D eigenvalue weighted by Crippen LogP contribution is -2.34. The molecule has 3 aromatic rings. The van der Waals surface area contributed by atoms with Gasteiger partial charge in [0.25, 0.3) is 0 Å². The van der Waals surface area contributed by atoms with Gasteiger partial charge in [0.05, 0.1) is 11.7 Å². The number of halogens is 1. The summed E-state index contributed by atoms with van der Waals surface area (Å²) in [5.74, 6) is -1.89. The molecule has 23 heavy (non-hydrogen) atoms. The Morgan fingerprint density at radius 2 is 1.87 bits per heavy atom. The molecule has 3 rings (SSSR count). The molecule has 7 heteroatoms. The number of carbonyl (C=O) groups excluding carboxylic acids is 2. The number of H-pyrrole nitrogens is 1. The van der Waals surface area contributed by atoms with Crippen LogP contribution in [-0.2, 0) is 16.1 Å². The molecule has 1 heterocycles. The Kier molecular flexibility index (Phi) is 4.01. The maximum Gasteiger partial charge on any atom is 0.313 e. The van der Waals surface area contributed by atoms with Crippen LogP contribution in [0.15, 0.2) is 48.7 Å². The number of nitrogens with one attached hydrogen (secondary N) is 3. The Morgan fingerprint density at radius 3 is 2.65 bits per heavy atom. The number of nitrogens with zero attached hydrogens (tertiary/aromatic N) is 1. The first-order valence-corrected chi connectivity index (χ1v) is 6.88. The largest absolute Gasteiger partial charge is 0.344 e. The minimum atomic E-state index is -0.772. The molecule has 0 spiro atoms. The van der Waals surface area contributed by atoms with Crippen molar-refractivity contribution in [3.63, 3.8) is 0 Å². The van der Waals surface area contributed by atoms with E-state index in [4.69, 9.17) is 0 Å². The van der Waals surface area contributed by atoms with E-state index in [1.165, 1.54) is 12.1 Å².